The van der Waals surface area contributed by atoms with Crippen LogP contribution in [0.15, 0.2) is 60.8 Å². The Morgan fingerprint density at radius 1 is 1.24 bits per heavy atom. The Hall–Kier alpha value is -2.82. The monoisotopic (exact) mass is 281 g/mol. The van der Waals surface area contributed by atoms with Crippen LogP contribution in [0.4, 0.5) is 5.82 Å². The zero-order valence-corrected chi connectivity index (χ0v) is 11.3. The number of aromatic amines is 1. The fraction of sp³-hybridized carbons (Fsp3) is 0.125. The maximum atomic E-state index is 11.2. The van der Waals surface area contributed by atoms with Crippen molar-refractivity contribution in [1.82, 2.24) is 10.2 Å². The highest BCUT2D eigenvalue weighted by Gasteiger charge is 2.23. The highest BCUT2D eigenvalue weighted by Crippen LogP contribution is 2.30. The summed E-state index contributed by atoms with van der Waals surface area (Å²) in [7, 11) is 0. The normalized spacial score (nSPS) is 13.7. The van der Waals surface area contributed by atoms with Crippen LogP contribution in [0.3, 0.4) is 0 Å². The summed E-state index contributed by atoms with van der Waals surface area (Å²) in [6.07, 6.45) is 9.47. The quantitative estimate of drug-likeness (QED) is 0.883. The van der Waals surface area contributed by atoms with Crippen LogP contribution in [-0.2, 0) is 4.79 Å². The zero-order valence-electron chi connectivity index (χ0n) is 11.3. The van der Waals surface area contributed by atoms with Gasteiger partial charge in [-0.3, -0.25) is 9.89 Å². The number of nitrogens with one attached hydrogen (secondary N) is 1. The minimum Gasteiger partial charge on any atom is -0.480 e. The minimum absolute atomic E-state index is 0.0796. The van der Waals surface area contributed by atoms with Gasteiger partial charge in [0.15, 0.2) is 0 Å². The lowest BCUT2D eigenvalue weighted by atomic mass is 10.1. The third kappa shape index (κ3) is 2.72. The second-order valence-corrected chi connectivity index (χ2v) is 4.78. The Morgan fingerprint density at radius 3 is 2.62 bits per heavy atom. The maximum absolute atomic E-state index is 11.2. The van der Waals surface area contributed by atoms with E-state index < -0.39 is 5.97 Å². The van der Waals surface area contributed by atoms with Gasteiger partial charge in [-0.2, -0.15) is 5.10 Å². The van der Waals surface area contributed by atoms with E-state index in [1.54, 1.807) is 11.1 Å². The van der Waals surface area contributed by atoms with Crippen molar-refractivity contribution in [1.29, 1.82) is 0 Å². The molecule has 0 saturated carbocycles. The summed E-state index contributed by atoms with van der Waals surface area (Å²) in [5.74, 6) is -0.165. The molecule has 3 rings (SSSR count). The van der Waals surface area contributed by atoms with Gasteiger partial charge in [0.1, 0.15) is 12.4 Å². The predicted octanol–water partition coefficient (Wildman–Crippen LogP) is 2.46. The van der Waals surface area contributed by atoms with Crippen molar-refractivity contribution in [3.63, 3.8) is 0 Å². The number of H-pyrrole nitrogens is 1. The number of anilines is 1. The average molecular weight is 281 g/mol. The summed E-state index contributed by atoms with van der Waals surface area (Å²) in [6.45, 7) is -0.0959. The largest absolute Gasteiger partial charge is 0.480 e. The van der Waals surface area contributed by atoms with Gasteiger partial charge in [0.25, 0.3) is 0 Å². The third-order valence-electron chi connectivity index (χ3n) is 3.38. The van der Waals surface area contributed by atoms with Crippen molar-refractivity contribution in [3.05, 3.63) is 60.8 Å². The van der Waals surface area contributed by atoms with E-state index in [0.717, 1.165) is 11.1 Å². The van der Waals surface area contributed by atoms with Gasteiger partial charge in [0.05, 0.1) is 12.2 Å². The highest BCUT2D eigenvalue weighted by molar-refractivity contribution is 5.80. The number of rotatable bonds is 5. The summed E-state index contributed by atoms with van der Waals surface area (Å²) in [4.78, 5) is 13.0. The molecule has 0 atom stereocenters. The molecule has 0 radical (unpaired) electrons. The number of allylic oxidation sites excluding steroid dienone is 2. The SMILES string of the molecule is O=C(O)CN(c1[nH]ncc1-c1ccccc1)C1C=CC=C1. The number of aliphatic carboxylic acids is 1. The van der Waals surface area contributed by atoms with E-state index in [9.17, 15) is 9.90 Å². The molecular weight excluding hydrogens is 266 g/mol. The Balaban J connectivity index is 2.00. The predicted molar refractivity (Wildman–Crippen MR) is 81.1 cm³/mol. The molecule has 2 N–H and O–H groups in total. The number of hydrogen-bond acceptors (Lipinski definition) is 3. The van der Waals surface area contributed by atoms with Crippen molar-refractivity contribution in [2.45, 2.75) is 6.04 Å². The second-order valence-electron chi connectivity index (χ2n) is 4.78. The van der Waals surface area contributed by atoms with Gasteiger partial charge in [-0.05, 0) is 5.56 Å². The van der Waals surface area contributed by atoms with Crippen molar-refractivity contribution in [3.8, 4) is 11.1 Å². The Labute approximate surface area is 122 Å². The zero-order chi connectivity index (χ0) is 14.7. The summed E-state index contributed by atoms with van der Waals surface area (Å²) in [5, 5.41) is 16.2. The number of hydrogen-bond donors (Lipinski definition) is 2. The molecule has 0 aliphatic heterocycles. The summed E-state index contributed by atoms with van der Waals surface area (Å²) in [5.41, 5.74) is 1.90. The molecule has 2 aromatic rings. The molecule has 1 aliphatic rings. The molecule has 0 fully saturated rings. The van der Waals surface area contributed by atoms with Crippen LogP contribution in [0, 0.1) is 0 Å². The van der Waals surface area contributed by atoms with Crippen LogP contribution in [0.1, 0.15) is 0 Å². The van der Waals surface area contributed by atoms with E-state index in [1.165, 1.54) is 0 Å². The lowest BCUT2D eigenvalue weighted by Gasteiger charge is -2.26. The molecule has 106 valence electrons. The number of carboxylic acid groups (broad SMARTS) is 1. The molecule has 0 amide bonds. The van der Waals surface area contributed by atoms with E-state index in [4.69, 9.17) is 0 Å². The van der Waals surface area contributed by atoms with E-state index >= 15 is 0 Å². The van der Waals surface area contributed by atoms with Gasteiger partial charge in [0.2, 0.25) is 0 Å². The van der Waals surface area contributed by atoms with Gasteiger partial charge in [-0.25, -0.2) is 0 Å². The fourth-order valence-electron chi connectivity index (χ4n) is 2.43. The molecule has 0 bridgehead atoms. The molecule has 21 heavy (non-hydrogen) atoms. The smallest absolute Gasteiger partial charge is 0.323 e. The van der Waals surface area contributed by atoms with Crippen molar-refractivity contribution in [2.75, 3.05) is 11.4 Å². The molecule has 0 saturated heterocycles. The molecule has 1 aromatic carbocycles. The third-order valence-corrected chi connectivity index (χ3v) is 3.38. The molecule has 1 aromatic heterocycles. The number of benzene rings is 1. The highest BCUT2D eigenvalue weighted by atomic mass is 16.4. The van der Waals surface area contributed by atoms with E-state index in [2.05, 4.69) is 10.2 Å². The van der Waals surface area contributed by atoms with Crippen LogP contribution in [0.2, 0.25) is 0 Å². The summed E-state index contributed by atoms with van der Waals surface area (Å²) in [6, 6.07) is 9.72. The topological polar surface area (TPSA) is 69.2 Å². The molecular formula is C16H15N3O2. The Bertz CT molecular complexity index is 677. The maximum Gasteiger partial charge on any atom is 0.323 e. The van der Waals surface area contributed by atoms with E-state index in [1.807, 2.05) is 54.6 Å². The average Bonchev–Trinajstić information content (AvgIpc) is 3.17. The number of nitrogens with zero attached hydrogens (tertiary/aromatic N) is 2. The van der Waals surface area contributed by atoms with Gasteiger partial charge in [-0.1, -0.05) is 54.6 Å². The van der Waals surface area contributed by atoms with Crippen LogP contribution >= 0.6 is 0 Å². The first-order valence-corrected chi connectivity index (χ1v) is 6.68. The van der Waals surface area contributed by atoms with Crippen molar-refractivity contribution < 1.29 is 9.90 Å². The standard InChI is InChI=1S/C16H15N3O2/c20-15(21)11-19(13-8-4-5-9-13)16-14(10-17-18-16)12-6-2-1-3-7-12/h1-10,13H,11H2,(H,17,18)(H,20,21). The Kier molecular flexibility index (Phi) is 3.55. The van der Waals surface area contributed by atoms with Crippen molar-refractivity contribution >= 4 is 11.8 Å². The number of aromatic nitrogens is 2. The number of carbonyl (C=O) groups is 1. The first-order chi connectivity index (χ1) is 10.3. The molecule has 0 spiro atoms. The van der Waals surface area contributed by atoms with Crippen LogP contribution in [0.25, 0.3) is 11.1 Å². The molecule has 1 aliphatic carbocycles. The minimum atomic E-state index is -0.877. The van der Waals surface area contributed by atoms with Gasteiger partial charge < -0.3 is 10.0 Å². The summed E-state index contributed by atoms with van der Waals surface area (Å²) < 4.78 is 0. The van der Waals surface area contributed by atoms with E-state index in [-0.39, 0.29) is 12.6 Å². The second kappa shape index (κ2) is 5.66. The molecule has 1 heterocycles. The van der Waals surface area contributed by atoms with Crippen LogP contribution < -0.4 is 4.90 Å². The van der Waals surface area contributed by atoms with Gasteiger partial charge in [0, 0.05) is 5.56 Å². The van der Waals surface area contributed by atoms with Crippen LogP contribution in [0.5, 0.6) is 0 Å². The molecule has 5 nitrogen and oxygen atoms in total. The van der Waals surface area contributed by atoms with Crippen molar-refractivity contribution in [2.24, 2.45) is 0 Å². The molecule has 5 heteroatoms. The lowest BCUT2D eigenvalue weighted by Crippen LogP contribution is -2.37. The van der Waals surface area contributed by atoms with Gasteiger partial charge in [-0.15, -0.1) is 0 Å². The van der Waals surface area contributed by atoms with Gasteiger partial charge >= 0.3 is 5.97 Å². The van der Waals surface area contributed by atoms with E-state index in [0.29, 0.717) is 5.82 Å². The summed E-state index contributed by atoms with van der Waals surface area (Å²) >= 11 is 0. The fourth-order valence-corrected chi connectivity index (χ4v) is 2.43. The number of carboxylic acids is 1. The molecule has 0 unspecified atom stereocenters. The Morgan fingerprint density at radius 2 is 1.95 bits per heavy atom. The van der Waals surface area contributed by atoms with Crippen LogP contribution in [-0.4, -0.2) is 33.9 Å². The first-order valence-electron chi connectivity index (χ1n) is 6.68. The first kappa shape index (κ1) is 13.2. The lowest BCUT2D eigenvalue weighted by molar-refractivity contribution is -0.135.